The van der Waals surface area contributed by atoms with Gasteiger partial charge in [0.25, 0.3) is 0 Å². The normalized spacial score (nSPS) is 13.0. The van der Waals surface area contributed by atoms with Crippen LogP contribution in [-0.2, 0) is 0 Å². The minimum atomic E-state index is 0.274. The van der Waals surface area contributed by atoms with E-state index in [1.165, 1.54) is 15.3 Å². The summed E-state index contributed by atoms with van der Waals surface area (Å²) in [7, 11) is 1.99. The summed E-state index contributed by atoms with van der Waals surface area (Å²) in [6.07, 6.45) is 0. The van der Waals surface area contributed by atoms with Crippen LogP contribution in [0, 0.1) is 13.8 Å². The zero-order valence-corrected chi connectivity index (χ0v) is 11.9. The Kier molecular flexibility index (Phi) is 3.70. The van der Waals surface area contributed by atoms with Gasteiger partial charge in [-0.25, -0.2) is 0 Å². The van der Waals surface area contributed by atoms with Gasteiger partial charge in [0.1, 0.15) is 0 Å². The molecule has 0 saturated heterocycles. The average Bonchev–Trinajstić information content (AvgIpc) is 2.78. The zero-order chi connectivity index (χ0) is 11.7. The molecular weight excluding hydrogens is 258 g/mol. The molecule has 0 saturated carbocycles. The third-order valence-corrected chi connectivity index (χ3v) is 5.32. The molecule has 0 aliphatic carbocycles. The molecule has 2 heterocycles. The molecule has 1 nitrogen and oxygen atoms in total. The molecule has 16 heavy (non-hydrogen) atoms. The second-order valence-electron chi connectivity index (χ2n) is 3.80. The molecule has 1 atom stereocenters. The van der Waals surface area contributed by atoms with Crippen molar-refractivity contribution in [3.63, 3.8) is 0 Å². The fourth-order valence-corrected chi connectivity index (χ4v) is 4.17. The topological polar surface area (TPSA) is 12.0 Å². The van der Waals surface area contributed by atoms with E-state index < -0.39 is 0 Å². The van der Waals surface area contributed by atoms with Gasteiger partial charge in [-0.15, -0.1) is 22.7 Å². The number of thiophene rings is 2. The van der Waals surface area contributed by atoms with E-state index in [9.17, 15) is 0 Å². The van der Waals surface area contributed by atoms with Crippen LogP contribution in [0.25, 0.3) is 0 Å². The lowest BCUT2D eigenvalue weighted by Gasteiger charge is -2.13. The predicted molar refractivity (Wildman–Crippen MR) is 74.0 cm³/mol. The third-order valence-electron chi connectivity index (χ3n) is 2.61. The molecule has 0 bridgehead atoms. The second kappa shape index (κ2) is 4.88. The molecule has 0 radical (unpaired) electrons. The average molecular weight is 272 g/mol. The van der Waals surface area contributed by atoms with Crippen molar-refractivity contribution in [1.82, 2.24) is 5.32 Å². The van der Waals surface area contributed by atoms with E-state index in [1.807, 2.05) is 7.05 Å². The van der Waals surface area contributed by atoms with Crippen molar-refractivity contribution in [3.8, 4) is 0 Å². The Morgan fingerprint density at radius 1 is 1.31 bits per heavy atom. The molecule has 0 aliphatic heterocycles. The minimum absolute atomic E-state index is 0.274. The van der Waals surface area contributed by atoms with Crippen LogP contribution < -0.4 is 5.32 Å². The van der Waals surface area contributed by atoms with Crippen LogP contribution in [0.15, 0.2) is 17.5 Å². The molecule has 0 aromatic carbocycles. The van der Waals surface area contributed by atoms with Crippen LogP contribution in [0.5, 0.6) is 0 Å². The molecule has 2 rings (SSSR count). The van der Waals surface area contributed by atoms with E-state index in [-0.39, 0.29) is 6.04 Å². The molecule has 2 aromatic rings. The van der Waals surface area contributed by atoms with E-state index in [4.69, 9.17) is 11.6 Å². The summed E-state index contributed by atoms with van der Waals surface area (Å²) in [5.74, 6) is 0. The molecule has 0 amide bonds. The lowest BCUT2D eigenvalue weighted by Crippen LogP contribution is -2.15. The maximum absolute atomic E-state index is 6.13. The van der Waals surface area contributed by atoms with Crippen LogP contribution in [0.4, 0.5) is 0 Å². The van der Waals surface area contributed by atoms with Crippen molar-refractivity contribution in [3.05, 3.63) is 42.7 Å². The summed E-state index contributed by atoms with van der Waals surface area (Å²) in [6, 6.07) is 4.61. The van der Waals surface area contributed by atoms with Gasteiger partial charge in [0.15, 0.2) is 0 Å². The quantitative estimate of drug-likeness (QED) is 0.873. The molecule has 0 aliphatic rings. The van der Waals surface area contributed by atoms with Crippen LogP contribution >= 0.6 is 34.3 Å². The molecule has 4 heteroatoms. The van der Waals surface area contributed by atoms with E-state index in [0.29, 0.717) is 0 Å². The van der Waals surface area contributed by atoms with Crippen molar-refractivity contribution < 1.29 is 0 Å². The van der Waals surface area contributed by atoms with Gasteiger partial charge < -0.3 is 5.32 Å². The Hall–Kier alpha value is -0.350. The monoisotopic (exact) mass is 271 g/mol. The number of rotatable bonds is 3. The molecule has 1 unspecified atom stereocenters. The molecular formula is C12H14ClNS2. The van der Waals surface area contributed by atoms with Crippen LogP contribution in [0.2, 0.25) is 4.34 Å². The maximum atomic E-state index is 6.13. The molecule has 2 aromatic heterocycles. The highest BCUT2D eigenvalue weighted by Crippen LogP contribution is 2.36. The van der Waals surface area contributed by atoms with Crippen molar-refractivity contribution in [2.75, 3.05) is 7.05 Å². The fourth-order valence-electron chi connectivity index (χ4n) is 1.71. The number of nitrogens with one attached hydrogen (secondary N) is 1. The summed E-state index contributed by atoms with van der Waals surface area (Å²) in [4.78, 5) is 2.66. The summed E-state index contributed by atoms with van der Waals surface area (Å²) in [5, 5.41) is 5.50. The summed E-state index contributed by atoms with van der Waals surface area (Å²) in [6.45, 7) is 4.20. The van der Waals surface area contributed by atoms with E-state index >= 15 is 0 Å². The van der Waals surface area contributed by atoms with Gasteiger partial charge >= 0.3 is 0 Å². The molecule has 1 N–H and O–H groups in total. The van der Waals surface area contributed by atoms with Crippen LogP contribution in [0.1, 0.15) is 26.9 Å². The smallest absolute Gasteiger partial charge is 0.0961 e. The Morgan fingerprint density at radius 3 is 2.50 bits per heavy atom. The number of halogens is 1. The summed E-state index contributed by atoms with van der Waals surface area (Å²) < 4.78 is 0.893. The van der Waals surface area contributed by atoms with E-state index in [0.717, 1.165) is 9.90 Å². The highest BCUT2D eigenvalue weighted by atomic mass is 35.5. The van der Waals surface area contributed by atoms with Gasteiger partial charge in [-0.05, 0) is 49.5 Å². The van der Waals surface area contributed by atoms with Crippen molar-refractivity contribution in [2.24, 2.45) is 0 Å². The number of hydrogen-bond acceptors (Lipinski definition) is 3. The molecule has 0 spiro atoms. The van der Waals surface area contributed by atoms with Gasteiger partial charge in [0.05, 0.1) is 10.4 Å². The first kappa shape index (κ1) is 12.1. The molecule has 0 fully saturated rings. The second-order valence-corrected chi connectivity index (χ2v) is 6.43. The highest BCUT2D eigenvalue weighted by Gasteiger charge is 2.18. The maximum Gasteiger partial charge on any atom is 0.0961 e. The first-order valence-electron chi connectivity index (χ1n) is 5.10. The summed E-state index contributed by atoms with van der Waals surface area (Å²) in [5.41, 5.74) is 2.50. The molecule has 86 valence electrons. The fraction of sp³-hybridized carbons (Fsp3) is 0.333. The van der Waals surface area contributed by atoms with E-state index in [2.05, 4.69) is 36.7 Å². The van der Waals surface area contributed by atoms with E-state index in [1.54, 1.807) is 22.7 Å². The predicted octanol–water partition coefficient (Wildman–Crippen LogP) is 4.39. The SMILES string of the molecule is CNC(c1cc(C)c(Cl)s1)c1sccc1C. The lowest BCUT2D eigenvalue weighted by molar-refractivity contribution is 0.712. The number of aryl methyl sites for hydroxylation is 2. The van der Waals surface area contributed by atoms with Crippen molar-refractivity contribution in [2.45, 2.75) is 19.9 Å². The van der Waals surface area contributed by atoms with Crippen LogP contribution in [-0.4, -0.2) is 7.05 Å². The zero-order valence-electron chi connectivity index (χ0n) is 9.50. The standard InChI is InChI=1S/C12H14ClNS2/c1-7-4-5-15-11(7)10(14-3)9-6-8(2)12(13)16-9/h4-6,10,14H,1-3H3. The van der Waals surface area contributed by atoms with Gasteiger partial charge in [0.2, 0.25) is 0 Å². The summed E-state index contributed by atoms with van der Waals surface area (Å²) >= 11 is 9.58. The Morgan fingerprint density at radius 2 is 2.06 bits per heavy atom. The van der Waals surface area contributed by atoms with Gasteiger partial charge in [0, 0.05) is 9.75 Å². The Bertz CT molecular complexity index is 467. The minimum Gasteiger partial charge on any atom is -0.308 e. The van der Waals surface area contributed by atoms with Gasteiger partial charge in [-0.1, -0.05) is 11.6 Å². The highest BCUT2D eigenvalue weighted by molar-refractivity contribution is 7.16. The Balaban J connectivity index is 2.40. The van der Waals surface area contributed by atoms with Gasteiger partial charge in [-0.3, -0.25) is 0 Å². The Labute approximate surface area is 109 Å². The van der Waals surface area contributed by atoms with Crippen molar-refractivity contribution >= 4 is 34.3 Å². The van der Waals surface area contributed by atoms with Crippen LogP contribution in [0.3, 0.4) is 0 Å². The van der Waals surface area contributed by atoms with Gasteiger partial charge in [-0.2, -0.15) is 0 Å². The first-order valence-corrected chi connectivity index (χ1v) is 7.18. The first-order chi connectivity index (χ1) is 7.63. The lowest BCUT2D eigenvalue weighted by atomic mass is 10.1. The van der Waals surface area contributed by atoms with Crippen molar-refractivity contribution in [1.29, 1.82) is 0 Å². The largest absolute Gasteiger partial charge is 0.308 e. The third kappa shape index (κ3) is 2.18. The number of hydrogen-bond donors (Lipinski definition) is 1.